The van der Waals surface area contributed by atoms with Gasteiger partial charge in [0.05, 0.1) is 23.3 Å². The minimum absolute atomic E-state index is 0.765. The first-order valence-corrected chi connectivity index (χ1v) is 8.63. The lowest BCUT2D eigenvalue weighted by molar-refractivity contribution is 0.684. The van der Waals surface area contributed by atoms with Crippen molar-refractivity contribution in [2.75, 3.05) is 0 Å². The molecule has 4 rings (SSSR count). The highest BCUT2D eigenvalue weighted by Gasteiger charge is 2.12. The molecule has 0 aliphatic carbocycles. The van der Waals surface area contributed by atoms with Gasteiger partial charge in [0, 0.05) is 18.8 Å². The largest absolute Gasteiger partial charge is 0.322 e. The number of pyridine rings is 1. The summed E-state index contributed by atoms with van der Waals surface area (Å²) in [7, 11) is 0. The summed E-state index contributed by atoms with van der Waals surface area (Å²) < 4.78 is 4.43. The summed E-state index contributed by atoms with van der Waals surface area (Å²) in [4.78, 5) is 9.68. The lowest BCUT2D eigenvalue weighted by Gasteiger charge is -2.07. The van der Waals surface area contributed by atoms with Crippen LogP contribution in [-0.2, 0) is 13.0 Å². The summed E-state index contributed by atoms with van der Waals surface area (Å²) in [6.07, 6.45) is 7.53. The molecule has 3 aromatic heterocycles. The number of aryl methyl sites for hydroxylation is 2. The van der Waals surface area contributed by atoms with Crippen molar-refractivity contribution in [2.45, 2.75) is 39.7 Å². The number of rotatable bonds is 5. The maximum absolute atomic E-state index is 4.85. The van der Waals surface area contributed by atoms with Crippen LogP contribution in [-0.4, -0.2) is 18.9 Å². The Morgan fingerprint density at radius 2 is 1.92 bits per heavy atom. The monoisotopic (exact) mass is 318 g/mol. The molecular formula is C20H22N4. The van der Waals surface area contributed by atoms with Crippen LogP contribution in [0.1, 0.15) is 36.8 Å². The number of imidazole rings is 2. The minimum Gasteiger partial charge on any atom is -0.322 e. The summed E-state index contributed by atoms with van der Waals surface area (Å²) in [6, 6.07) is 12.5. The van der Waals surface area contributed by atoms with Gasteiger partial charge in [-0.25, -0.2) is 9.97 Å². The highest BCUT2D eigenvalue weighted by Crippen LogP contribution is 2.20. The molecule has 4 heteroatoms. The number of hydrogen-bond donors (Lipinski definition) is 0. The fourth-order valence-electron chi connectivity index (χ4n) is 3.27. The second-order valence-electron chi connectivity index (χ2n) is 6.36. The van der Waals surface area contributed by atoms with E-state index in [4.69, 9.17) is 9.97 Å². The fourth-order valence-corrected chi connectivity index (χ4v) is 3.27. The molecule has 122 valence electrons. The number of hydrogen-bond acceptors (Lipinski definition) is 2. The molecule has 0 radical (unpaired) electrons. The van der Waals surface area contributed by atoms with Crippen LogP contribution in [0.2, 0.25) is 0 Å². The topological polar surface area (TPSA) is 35.1 Å². The lowest BCUT2D eigenvalue weighted by Crippen LogP contribution is -2.05. The molecule has 0 bridgehead atoms. The number of aromatic nitrogens is 4. The summed E-state index contributed by atoms with van der Waals surface area (Å²) in [5, 5.41) is 0. The third kappa shape index (κ3) is 2.58. The molecule has 0 unspecified atom stereocenters. The van der Waals surface area contributed by atoms with E-state index in [0.29, 0.717) is 0 Å². The summed E-state index contributed by atoms with van der Waals surface area (Å²) in [5.41, 5.74) is 5.57. The van der Waals surface area contributed by atoms with Crippen molar-refractivity contribution < 1.29 is 0 Å². The van der Waals surface area contributed by atoms with Crippen LogP contribution in [0.4, 0.5) is 0 Å². The van der Waals surface area contributed by atoms with Crippen LogP contribution >= 0.6 is 0 Å². The molecule has 0 spiro atoms. The van der Waals surface area contributed by atoms with Gasteiger partial charge in [-0.2, -0.15) is 0 Å². The van der Waals surface area contributed by atoms with Gasteiger partial charge in [0.1, 0.15) is 11.5 Å². The Morgan fingerprint density at radius 3 is 2.75 bits per heavy atom. The van der Waals surface area contributed by atoms with Gasteiger partial charge in [-0.15, -0.1) is 0 Å². The Bertz CT molecular complexity index is 993. The van der Waals surface area contributed by atoms with Crippen molar-refractivity contribution in [1.82, 2.24) is 18.9 Å². The number of fused-ring (bicyclic) bond motifs is 2. The van der Waals surface area contributed by atoms with Crippen LogP contribution in [0.15, 0.2) is 48.8 Å². The maximum atomic E-state index is 4.85. The van der Waals surface area contributed by atoms with Gasteiger partial charge in [-0.05, 0) is 37.1 Å². The number of benzene rings is 1. The number of para-hydroxylation sites is 2. The van der Waals surface area contributed by atoms with E-state index in [0.717, 1.165) is 42.1 Å². The first-order chi connectivity index (χ1) is 11.8. The average molecular weight is 318 g/mol. The van der Waals surface area contributed by atoms with Crippen LogP contribution in [0.3, 0.4) is 0 Å². The van der Waals surface area contributed by atoms with Crippen molar-refractivity contribution in [3.63, 3.8) is 0 Å². The van der Waals surface area contributed by atoms with Crippen molar-refractivity contribution >= 4 is 16.7 Å². The SMILES string of the molecule is CCCCc1nc2ccccc2n1Cc1cn2cccc(C)c2n1. The smallest absolute Gasteiger partial charge is 0.140 e. The Hall–Kier alpha value is -2.62. The molecule has 0 saturated carbocycles. The molecule has 3 heterocycles. The van der Waals surface area contributed by atoms with Gasteiger partial charge in [-0.3, -0.25) is 0 Å². The lowest BCUT2D eigenvalue weighted by atomic mass is 10.2. The van der Waals surface area contributed by atoms with E-state index in [1.807, 2.05) is 0 Å². The number of unbranched alkanes of at least 4 members (excludes halogenated alkanes) is 1. The average Bonchev–Trinajstić information content (AvgIpc) is 3.16. The normalized spacial score (nSPS) is 11.6. The van der Waals surface area contributed by atoms with Crippen molar-refractivity contribution in [1.29, 1.82) is 0 Å². The molecule has 0 fully saturated rings. The van der Waals surface area contributed by atoms with E-state index in [-0.39, 0.29) is 0 Å². The Morgan fingerprint density at radius 1 is 1.04 bits per heavy atom. The van der Waals surface area contributed by atoms with Gasteiger partial charge in [-0.1, -0.05) is 31.5 Å². The molecular weight excluding hydrogens is 296 g/mol. The fraction of sp³-hybridized carbons (Fsp3) is 0.300. The molecule has 0 amide bonds. The maximum Gasteiger partial charge on any atom is 0.140 e. The third-order valence-corrected chi connectivity index (χ3v) is 4.54. The predicted molar refractivity (Wildman–Crippen MR) is 97.4 cm³/mol. The second kappa shape index (κ2) is 6.11. The van der Waals surface area contributed by atoms with Gasteiger partial charge in [0.2, 0.25) is 0 Å². The predicted octanol–water partition coefficient (Wildman–Crippen LogP) is 4.38. The molecule has 24 heavy (non-hydrogen) atoms. The van der Waals surface area contributed by atoms with E-state index >= 15 is 0 Å². The molecule has 1 aromatic carbocycles. The summed E-state index contributed by atoms with van der Waals surface area (Å²) in [5.74, 6) is 1.16. The van der Waals surface area contributed by atoms with Crippen LogP contribution in [0.25, 0.3) is 16.7 Å². The zero-order valence-corrected chi connectivity index (χ0v) is 14.2. The second-order valence-corrected chi connectivity index (χ2v) is 6.36. The molecule has 0 saturated heterocycles. The molecule has 4 aromatic rings. The standard InChI is InChI=1S/C20H22N4/c1-3-4-11-19-22-17-9-5-6-10-18(17)24(19)14-16-13-23-12-7-8-15(2)20(23)21-16/h5-10,12-13H,3-4,11,14H2,1-2H3. The third-order valence-electron chi connectivity index (χ3n) is 4.54. The zero-order chi connectivity index (χ0) is 16.5. The molecule has 0 atom stereocenters. The molecule has 4 nitrogen and oxygen atoms in total. The van der Waals surface area contributed by atoms with Gasteiger partial charge in [0.25, 0.3) is 0 Å². The Labute approximate surface area is 141 Å². The van der Waals surface area contributed by atoms with Gasteiger partial charge < -0.3 is 8.97 Å². The highest BCUT2D eigenvalue weighted by atomic mass is 15.1. The van der Waals surface area contributed by atoms with Crippen LogP contribution in [0, 0.1) is 6.92 Å². The van der Waals surface area contributed by atoms with Gasteiger partial charge >= 0.3 is 0 Å². The first kappa shape index (κ1) is 14.9. The van der Waals surface area contributed by atoms with E-state index in [2.05, 4.69) is 71.6 Å². The van der Waals surface area contributed by atoms with Crippen molar-refractivity contribution in [3.05, 3.63) is 65.9 Å². The zero-order valence-electron chi connectivity index (χ0n) is 14.2. The van der Waals surface area contributed by atoms with Gasteiger partial charge in [0.15, 0.2) is 0 Å². The van der Waals surface area contributed by atoms with E-state index in [1.165, 1.54) is 17.5 Å². The molecule has 0 aliphatic heterocycles. The quantitative estimate of drug-likeness (QED) is 0.547. The summed E-state index contributed by atoms with van der Waals surface area (Å²) in [6.45, 7) is 5.09. The Kier molecular flexibility index (Phi) is 3.81. The molecule has 0 N–H and O–H groups in total. The van der Waals surface area contributed by atoms with Crippen LogP contribution in [0.5, 0.6) is 0 Å². The van der Waals surface area contributed by atoms with Crippen molar-refractivity contribution in [2.24, 2.45) is 0 Å². The molecule has 0 aliphatic rings. The summed E-state index contributed by atoms with van der Waals surface area (Å²) >= 11 is 0. The van der Waals surface area contributed by atoms with Crippen molar-refractivity contribution in [3.8, 4) is 0 Å². The van der Waals surface area contributed by atoms with Crippen LogP contribution < -0.4 is 0 Å². The highest BCUT2D eigenvalue weighted by molar-refractivity contribution is 5.76. The van der Waals surface area contributed by atoms with E-state index < -0.39 is 0 Å². The van der Waals surface area contributed by atoms with E-state index in [1.54, 1.807) is 0 Å². The van der Waals surface area contributed by atoms with E-state index in [9.17, 15) is 0 Å². The number of nitrogens with zero attached hydrogens (tertiary/aromatic N) is 4. The Balaban J connectivity index is 1.78. The minimum atomic E-state index is 0.765. The first-order valence-electron chi connectivity index (χ1n) is 8.63.